The molecule has 0 fully saturated rings. The van der Waals surface area contributed by atoms with Gasteiger partial charge < -0.3 is 0 Å². The highest BCUT2D eigenvalue weighted by Gasteiger charge is 2.04. The first-order valence-electron chi connectivity index (χ1n) is 5.76. The molecule has 0 saturated heterocycles. The van der Waals surface area contributed by atoms with Crippen LogP contribution >= 0.6 is 11.3 Å². The Balaban J connectivity index is 2.09. The predicted molar refractivity (Wildman–Crippen MR) is 69.3 cm³/mol. The van der Waals surface area contributed by atoms with E-state index in [2.05, 4.69) is 12.3 Å². The largest absolute Gasteiger partial charge is 0.207 e. The Bertz CT molecular complexity index is 459. The van der Waals surface area contributed by atoms with Gasteiger partial charge in [-0.1, -0.05) is 32.3 Å². The maximum Gasteiger partial charge on any atom is 0.123 e. The van der Waals surface area contributed by atoms with Gasteiger partial charge in [0.25, 0.3) is 0 Å². The second-order valence-electron chi connectivity index (χ2n) is 4.05. The molecule has 2 aromatic rings. The second-order valence-corrected chi connectivity index (χ2v) is 5.02. The third-order valence-electron chi connectivity index (χ3n) is 2.80. The zero-order valence-electron chi connectivity index (χ0n) is 9.34. The number of halogens is 1. The number of benzene rings is 1. The number of thiophene rings is 1. The van der Waals surface area contributed by atoms with Crippen LogP contribution in [0.25, 0.3) is 10.8 Å². The lowest BCUT2D eigenvalue weighted by molar-refractivity contribution is 0.629. The molecule has 1 radical (unpaired) electrons. The Morgan fingerprint density at radius 1 is 1.19 bits per heavy atom. The fraction of sp³-hybridized carbons (Fsp3) is 0.357. The summed E-state index contributed by atoms with van der Waals surface area (Å²) in [4.78, 5) is 1.32. The highest BCUT2D eigenvalue weighted by Crippen LogP contribution is 2.28. The van der Waals surface area contributed by atoms with Crippen LogP contribution in [0.3, 0.4) is 0 Å². The zero-order chi connectivity index (χ0) is 11.4. The van der Waals surface area contributed by atoms with Gasteiger partial charge >= 0.3 is 0 Å². The van der Waals surface area contributed by atoms with Gasteiger partial charge in [-0.25, -0.2) is 4.39 Å². The number of fused-ring (bicyclic) bond motifs is 1. The quantitative estimate of drug-likeness (QED) is 0.641. The van der Waals surface area contributed by atoms with Crippen molar-refractivity contribution in [3.8, 4) is 0 Å². The molecule has 0 N–H and O–H groups in total. The molecule has 0 aliphatic heterocycles. The Kier molecular flexibility index (Phi) is 3.94. The lowest BCUT2D eigenvalue weighted by atomic mass is 10.1. The molecule has 0 unspecified atom stereocenters. The first-order chi connectivity index (χ1) is 7.81. The summed E-state index contributed by atoms with van der Waals surface area (Å²) < 4.78 is 13.1. The molecule has 0 aliphatic carbocycles. The molecule has 85 valence electrons. The van der Waals surface area contributed by atoms with E-state index in [-0.39, 0.29) is 5.82 Å². The summed E-state index contributed by atoms with van der Waals surface area (Å²) in [5, 5.41) is 4.38. The van der Waals surface area contributed by atoms with Crippen LogP contribution in [0.4, 0.5) is 4.39 Å². The van der Waals surface area contributed by atoms with Crippen molar-refractivity contribution in [2.24, 2.45) is 0 Å². The van der Waals surface area contributed by atoms with E-state index in [0.717, 1.165) is 18.2 Å². The smallest absolute Gasteiger partial charge is 0.123 e. The molecule has 0 amide bonds. The van der Waals surface area contributed by atoms with Gasteiger partial charge in [-0.3, -0.25) is 0 Å². The molecule has 1 aromatic heterocycles. The number of aryl methyl sites for hydroxylation is 1. The minimum absolute atomic E-state index is 0.134. The normalized spacial score (nSPS) is 11.1. The van der Waals surface area contributed by atoms with Gasteiger partial charge in [0, 0.05) is 4.88 Å². The van der Waals surface area contributed by atoms with E-state index >= 15 is 0 Å². The Labute approximate surface area is 100 Å². The van der Waals surface area contributed by atoms with Crippen LogP contribution in [0.15, 0.2) is 23.6 Å². The average molecular weight is 235 g/mol. The fourth-order valence-electron chi connectivity index (χ4n) is 1.90. The molecule has 2 rings (SSSR count). The van der Waals surface area contributed by atoms with Crippen molar-refractivity contribution in [2.45, 2.75) is 32.1 Å². The SMILES string of the molecule is [CH2]CCCCCc1scc2ccc(F)cc12. The summed E-state index contributed by atoms with van der Waals surface area (Å²) in [6, 6.07) is 5.05. The molecule has 0 aliphatic rings. The average Bonchev–Trinajstić information content (AvgIpc) is 2.67. The van der Waals surface area contributed by atoms with Crippen LogP contribution in [-0.2, 0) is 6.42 Å². The predicted octanol–water partition coefficient (Wildman–Crippen LogP) is 4.98. The lowest BCUT2D eigenvalue weighted by Crippen LogP contribution is -1.83. The first-order valence-corrected chi connectivity index (χ1v) is 6.64. The molecular weight excluding hydrogens is 219 g/mol. The summed E-state index contributed by atoms with van der Waals surface area (Å²) in [5.74, 6) is -0.134. The van der Waals surface area contributed by atoms with E-state index in [9.17, 15) is 4.39 Å². The standard InChI is InChI=1S/C14H16FS/c1-2-3-4-5-6-14-13-9-12(15)8-7-11(13)10-16-14/h7-10H,1-6H2. The van der Waals surface area contributed by atoms with E-state index in [0.29, 0.717) is 0 Å². The molecule has 16 heavy (non-hydrogen) atoms. The van der Waals surface area contributed by atoms with Crippen LogP contribution in [0.1, 0.15) is 30.6 Å². The first kappa shape index (κ1) is 11.6. The Morgan fingerprint density at radius 3 is 2.88 bits per heavy atom. The number of rotatable bonds is 5. The van der Waals surface area contributed by atoms with Crippen molar-refractivity contribution in [3.05, 3.63) is 41.2 Å². The lowest BCUT2D eigenvalue weighted by Gasteiger charge is -1.99. The third kappa shape index (κ3) is 2.62. The molecule has 1 heterocycles. The summed E-state index contributed by atoms with van der Waals surface area (Å²) in [5.41, 5.74) is 0. The minimum atomic E-state index is -0.134. The maximum atomic E-state index is 13.1. The monoisotopic (exact) mass is 235 g/mol. The van der Waals surface area contributed by atoms with E-state index in [1.165, 1.54) is 35.6 Å². The van der Waals surface area contributed by atoms with Gasteiger partial charge in [-0.05, 0) is 41.1 Å². The van der Waals surface area contributed by atoms with E-state index < -0.39 is 0 Å². The zero-order valence-corrected chi connectivity index (χ0v) is 10.2. The fourth-order valence-corrected chi connectivity index (χ4v) is 2.94. The van der Waals surface area contributed by atoms with Gasteiger partial charge in [-0.15, -0.1) is 11.3 Å². The highest BCUT2D eigenvalue weighted by atomic mass is 32.1. The third-order valence-corrected chi connectivity index (χ3v) is 3.88. The number of unbranched alkanes of at least 4 members (excludes halogenated alkanes) is 3. The van der Waals surface area contributed by atoms with E-state index in [4.69, 9.17) is 0 Å². The summed E-state index contributed by atoms with van der Waals surface area (Å²) in [7, 11) is 0. The molecule has 0 nitrogen and oxygen atoms in total. The molecule has 2 heteroatoms. The molecule has 0 spiro atoms. The Morgan fingerprint density at radius 2 is 2.06 bits per heavy atom. The van der Waals surface area contributed by atoms with Gasteiger partial charge in [0.2, 0.25) is 0 Å². The van der Waals surface area contributed by atoms with Crippen molar-refractivity contribution < 1.29 is 4.39 Å². The molecule has 0 atom stereocenters. The van der Waals surface area contributed by atoms with Crippen LogP contribution in [0, 0.1) is 12.7 Å². The van der Waals surface area contributed by atoms with Crippen molar-refractivity contribution in [2.75, 3.05) is 0 Å². The van der Waals surface area contributed by atoms with Crippen LogP contribution < -0.4 is 0 Å². The van der Waals surface area contributed by atoms with Gasteiger partial charge in [0.05, 0.1) is 0 Å². The van der Waals surface area contributed by atoms with Crippen molar-refractivity contribution >= 4 is 22.1 Å². The van der Waals surface area contributed by atoms with Crippen molar-refractivity contribution in [3.63, 3.8) is 0 Å². The summed E-state index contributed by atoms with van der Waals surface area (Å²) >= 11 is 1.75. The van der Waals surface area contributed by atoms with Gasteiger partial charge in [0.15, 0.2) is 0 Å². The second kappa shape index (κ2) is 5.44. The topological polar surface area (TPSA) is 0 Å². The maximum absolute atomic E-state index is 13.1. The summed E-state index contributed by atoms with van der Waals surface area (Å²) in [6.45, 7) is 3.83. The molecule has 0 saturated carbocycles. The molecular formula is C14H16FS. The summed E-state index contributed by atoms with van der Waals surface area (Å²) in [6.07, 6.45) is 5.68. The van der Waals surface area contributed by atoms with E-state index in [1.54, 1.807) is 17.4 Å². The Hall–Kier alpha value is -0.890. The van der Waals surface area contributed by atoms with Crippen LogP contribution in [-0.4, -0.2) is 0 Å². The molecule has 1 aromatic carbocycles. The van der Waals surface area contributed by atoms with Crippen molar-refractivity contribution in [1.29, 1.82) is 0 Å². The minimum Gasteiger partial charge on any atom is -0.207 e. The molecule has 0 bridgehead atoms. The van der Waals surface area contributed by atoms with Gasteiger partial charge in [0.1, 0.15) is 5.82 Å². The van der Waals surface area contributed by atoms with Crippen LogP contribution in [0.5, 0.6) is 0 Å². The van der Waals surface area contributed by atoms with Crippen molar-refractivity contribution in [1.82, 2.24) is 0 Å². The highest BCUT2D eigenvalue weighted by molar-refractivity contribution is 7.11. The van der Waals surface area contributed by atoms with E-state index in [1.807, 2.05) is 6.07 Å². The number of hydrogen-bond acceptors (Lipinski definition) is 1. The number of hydrogen-bond donors (Lipinski definition) is 0. The van der Waals surface area contributed by atoms with Crippen LogP contribution in [0.2, 0.25) is 0 Å². The van der Waals surface area contributed by atoms with Gasteiger partial charge in [-0.2, -0.15) is 0 Å².